The minimum absolute atomic E-state index is 0.0968. The van der Waals surface area contributed by atoms with Crippen LogP contribution in [0, 0.1) is 12.8 Å². The Bertz CT molecular complexity index is 897. The Morgan fingerprint density at radius 2 is 1.78 bits per heavy atom. The van der Waals surface area contributed by atoms with Crippen molar-refractivity contribution in [2.75, 3.05) is 19.3 Å². The quantitative estimate of drug-likeness (QED) is 0.859. The van der Waals surface area contributed by atoms with E-state index in [0.717, 1.165) is 16.7 Å². The van der Waals surface area contributed by atoms with Crippen molar-refractivity contribution in [1.29, 1.82) is 0 Å². The van der Waals surface area contributed by atoms with Gasteiger partial charge in [0, 0.05) is 13.1 Å². The zero-order chi connectivity index (χ0) is 19.4. The van der Waals surface area contributed by atoms with E-state index in [-0.39, 0.29) is 24.4 Å². The molecule has 1 aliphatic heterocycles. The molecule has 144 valence electrons. The van der Waals surface area contributed by atoms with E-state index in [4.69, 9.17) is 0 Å². The molecule has 0 bridgehead atoms. The second-order valence-corrected chi connectivity index (χ2v) is 9.15. The molecule has 1 N–H and O–H groups in total. The van der Waals surface area contributed by atoms with Gasteiger partial charge in [-0.05, 0) is 36.5 Å². The summed E-state index contributed by atoms with van der Waals surface area (Å²) in [6.07, 6.45) is 2.60. The zero-order valence-electron chi connectivity index (χ0n) is 15.8. The summed E-state index contributed by atoms with van der Waals surface area (Å²) < 4.78 is 25.1. The van der Waals surface area contributed by atoms with Gasteiger partial charge in [-0.15, -0.1) is 0 Å². The molecule has 1 fully saturated rings. The Hall–Kier alpha value is -2.18. The van der Waals surface area contributed by atoms with Crippen LogP contribution in [0.2, 0.25) is 0 Å². The number of nitrogens with zero attached hydrogens (tertiary/aromatic N) is 1. The lowest BCUT2D eigenvalue weighted by atomic mass is 9.93. The molecule has 1 saturated heterocycles. The Morgan fingerprint density at radius 3 is 2.44 bits per heavy atom. The van der Waals surface area contributed by atoms with Gasteiger partial charge in [-0.3, -0.25) is 4.79 Å². The van der Waals surface area contributed by atoms with Crippen LogP contribution >= 0.6 is 0 Å². The van der Waals surface area contributed by atoms with Crippen LogP contribution in [-0.4, -0.2) is 38.0 Å². The summed E-state index contributed by atoms with van der Waals surface area (Å²) in [6.45, 7) is 2.77. The third-order valence-electron chi connectivity index (χ3n) is 5.14. The molecule has 3 rings (SSSR count). The summed E-state index contributed by atoms with van der Waals surface area (Å²) in [7, 11) is -3.28. The van der Waals surface area contributed by atoms with Crippen molar-refractivity contribution in [3.8, 4) is 0 Å². The number of aryl methyl sites for hydroxylation is 1. The normalized spacial score (nSPS) is 19.4. The van der Waals surface area contributed by atoms with E-state index in [9.17, 15) is 13.2 Å². The Labute approximate surface area is 161 Å². The summed E-state index contributed by atoms with van der Waals surface area (Å²) in [6, 6.07) is 17.6. The summed E-state index contributed by atoms with van der Waals surface area (Å²) >= 11 is 0. The zero-order valence-corrected chi connectivity index (χ0v) is 16.6. The lowest BCUT2D eigenvalue weighted by molar-refractivity contribution is -0.126. The molecule has 27 heavy (non-hydrogen) atoms. The fraction of sp³-hybridized carbons (Fsp3) is 0.381. The maximum absolute atomic E-state index is 13.0. The second-order valence-electron chi connectivity index (χ2n) is 7.17. The minimum Gasteiger partial charge on any atom is -0.345 e. The molecular weight excluding hydrogens is 360 g/mol. The van der Waals surface area contributed by atoms with E-state index in [0.29, 0.717) is 19.4 Å². The molecule has 0 spiro atoms. The highest BCUT2D eigenvalue weighted by Crippen LogP contribution is 2.26. The maximum atomic E-state index is 13.0. The molecule has 2 atom stereocenters. The van der Waals surface area contributed by atoms with Gasteiger partial charge >= 0.3 is 0 Å². The SMILES string of the molecule is Cc1ccccc1[C@@H](NC(=O)[C@@H]1CCCN(S(C)(=O)=O)C1)c1ccccc1. The number of carbonyl (C=O) groups excluding carboxylic acids is 1. The fourth-order valence-corrected chi connectivity index (χ4v) is 4.53. The van der Waals surface area contributed by atoms with Gasteiger partial charge in [-0.2, -0.15) is 0 Å². The lowest BCUT2D eigenvalue weighted by Gasteiger charge is -2.31. The number of rotatable bonds is 5. The van der Waals surface area contributed by atoms with Crippen LogP contribution < -0.4 is 5.32 Å². The summed E-state index contributed by atoms with van der Waals surface area (Å²) in [4.78, 5) is 13.0. The number of amides is 1. The number of benzene rings is 2. The van der Waals surface area contributed by atoms with E-state index < -0.39 is 10.0 Å². The second kappa shape index (κ2) is 8.23. The third-order valence-corrected chi connectivity index (χ3v) is 6.41. The Morgan fingerprint density at radius 1 is 1.11 bits per heavy atom. The third kappa shape index (κ3) is 4.76. The van der Waals surface area contributed by atoms with Crippen LogP contribution in [0.1, 0.15) is 35.6 Å². The molecule has 2 aromatic carbocycles. The molecule has 5 nitrogen and oxygen atoms in total. The summed E-state index contributed by atoms with van der Waals surface area (Å²) in [5.74, 6) is -0.427. The van der Waals surface area contributed by atoms with Crippen molar-refractivity contribution < 1.29 is 13.2 Å². The number of hydrogen-bond acceptors (Lipinski definition) is 3. The number of sulfonamides is 1. The average molecular weight is 387 g/mol. The van der Waals surface area contributed by atoms with Crippen molar-refractivity contribution in [3.63, 3.8) is 0 Å². The van der Waals surface area contributed by atoms with Gasteiger partial charge in [0.25, 0.3) is 0 Å². The van der Waals surface area contributed by atoms with Crippen LogP contribution in [0.25, 0.3) is 0 Å². The summed E-state index contributed by atoms with van der Waals surface area (Å²) in [5.41, 5.74) is 3.16. The number of hydrogen-bond donors (Lipinski definition) is 1. The highest BCUT2D eigenvalue weighted by atomic mass is 32.2. The summed E-state index contributed by atoms with van der Waals surface area (Å²) in [5, 5.41) is 3.17. The molecular formula is C21H26N2O3S. The maximum Gasteiger partial charge on any atom is 0.225 e. The molecule has 0 unspecified atom stereocenters. The Balaban J connectivity index is 1.84. The van der Waals surface area contributed by atoms with Crippen LogP contribution in [0.3, 0.4) is 0 Å². The average Bonchev–Trinajstić information content (AvgIpc) is 2.67. The van der Waals surface area contributed by atoms with Crippen molar-refractivity contribution in [3.05, 3.63) is 71.3 Å². The number of piperidine rings is 1. The molecule has 0 radical (unpaired) electrons. The van der Waals surface area contributed by atoms with E-state index in [1.807, 2.05) is 61.5 Å². The highest BCUT2D eigenvalue weighted by molar-refractivity contribution is 7.88. The molecule has 0 aromatic heterocycles. The van der Waals surface area contributed by atoms with Crippen molar-refractivity contribution in [1.82, 2.24) is 9.62 Å². The Kier molecular flexibility index (Phi) is 5.97. The minimum atomic E-state index is -3.28. The van der Waals surface area contributed by atoms with E-state index >= 15 is 0 Å². The molecule has 0 saturated carbocycles. The van der Waals surface area contributed by atoms with Crippen molar-refractivity contribution in [2.24, 2.45) is 5.92 Å². The van der Waals surface area contributed by atoms with Crippen molar-refractivity contribution >= 4 is 15.9 Å². The lowest BCUT2D eigenvalue weighted by Crippen LogP contribution is -2.45. The predicted molar refractivity (Wildman–Crippen MR) is 107 cm³/mol. The first kappa shape index (κ1) is 19.6. The van der Waals surface area contributed by atoms with Gasteiger partial charge in [-0.1, -0.05) is 54.6 Å². The standard InChI is InChI=1S/C21H26N2O3S/c1-16-9-6-7-13-19(16)20(17-10-4-3-5-11-17)22-21(24)18-12-8-14-23(15-18)27(2,25)26/h3-7,9-11,13,18,20H,8,12,14-15H2,1-2H3,(H,22,24)/t18-,20+/m1/s1. The number of nitrogens with one attached hydrogen (secondary N) is 1. The van der Waals surface area contributed by atoms with Crippen LogP contribution in [0.5, 0.6) is 0 Å². The van der Waals surface area contributed by atoms with E-state index in [2.05, 4.69) is 5.32 Å². The molecule has 1 amide bonds. The smallest absolute Gasteiger partial charge is 0.225 e. The first-order valence-electron chi connectivity index (χ1n) is 9.22. The van der Waals surface area contributed by atoms with E-state index in [1.165, 1.54) is 10.6 Å². The van der Waals surface area contributed by atoms with Gasteiger partial charge in [0.15, 0.2) is 0 Å². The van der Waals surface area contributed by atoms with Gasteiger partial charge in [0.2, 0.25) is 15.9 Å². The topological polar surface area (TPSA) is 66.5 Å². The fourth-order valence-electron chi connectivity index (χ4n) is 3.61. The van der Waals surface area contributed by atoms with Gasteiger partial charge in [0.05, 0.1) is 18.2 Å². The van der Waals surface area contributed by atoms with Crippen LogP contribution in [0.15, 0.2) is 54.6 Å². The molecule has 2 aromatic rings. The van der Waals surface area contributed by atoms with E-state index in [1.54, 1.807) is 0 Å². The molecule has 0 aliphatic carbocycles. The first-order valence-corrected chi connectivity index (χ1v) is 11.1. The molecule has 6 heteroatoms. The van der Waals surface area contributed by atoms with Gasteiger partial charge in [0.1, 0.15) is 0 Å². The first-order chi connectivity index (χ1) is 12.9. The van der Waals surface area contributed by atoms with Gasteiger partial charge in [-0.25, -0.2) is 12.7 Å². The monoisotopic (exact) mass is 386 g/mol. The molecule has 1 aliphatic rings. The number of carbonyl (C=O) groups is 1. The predicted octanol–water partition coefficient (Wildman–Crippen LogP) is 2.87. The largest absolute Gasteiger partial charge is 0.345 e. The van der Waals surface area contributed by atoms with Crippen molar-refractivity contribution in [2.45, 2.75) is 25.8 Å². The van der Waals surface area contributed by atoms with Gasteiger partial charge < -0.3 is 5.32 Å². The van der Waals surface area contributed by atoms with Crippen LogP contribution in [-0.2, 0) is 14.8 Å². The van der Waals surface area contributed by atoms with Crippen LogP contribution in [0.4, 0.5) is 0 Å². The molecule has 1 heterocycles. The highest BCUT2D eigenvalue weighted by Gasteiger charge is 2.31.